The summed E-state index contributed by atoms with van der Waals surface area (Å²) in [6.45, 7) is 0. The van der Waals surface area contributed by atoms with Crippen molar-refractivity contribution in [3.63, 3.8) is 0 Å². The number of hydrogen-bond donors (Lipinski definition) is 8. The summed E-state index contributed by atoms with van der Waals surface area (Å²) in [6, 6.07) is 0. The van der Waals surface area contributed by atoms with Gasteiger partial charge in [0, 0.05) is 0 Å². The van der Waals surface area contributed by atoms with E-state index in [-0.39, 0.29) is 22.9 Å². The van der Waals surface area contributed by atoms with Crippen molar-refractivity contribution in [2.45, 2.75) is 11.7 Å². The van der Waals surface area contributed by atoms with Crippen molar-refractivity contribution < 1.29 is 19.7 Å². The summed E-state index contributed by atoms with van der Waals surface area (Å²) in [5, 5.41) is 19.0. The highest BCUT2D eigenvalue weighted by Crippen LogP contribution is 2.54. The molecule has 1 heterocycles. The Morgan fingerprint density at radius 1 is 0.722 bits per heavy atom. The van der Waals surface area contributed by atoms with Crippen molar-refractivity contribution in [3.05, 3.63) is 0 Å². The molecule has 18 heavy (non-hydrogen) atoms. The fourth-order valence-electron chi connectivity index (χ4n) is 1.41. The van der Waals surface area contributed by atoms with Crippen LogP contribution in [0.25, 0.3) is 0 Å². The molecule has 0 saturated heterocycles. The minimum absolute atomic E-state index is 0.251. The lowest BCUT2D eigenvalue weighted by Crippen LogP contribution is -2.82. The Bertz CT molecular complexity index is 482. The van der Waals surface area contributed by atoms with E-state index in [0.717, 1.165) is 0 Å². The van der Waals surface area contributed by atoms with Gasteiger partial charge in [0.25, 0.3) is 11.7 Å². The summed E-state index contributed by atoms with van der Waals surface area (Å²) in [6.07, 6.45) is 0. The number of fused-ring (bicyclic) bond motifs is 1. The number of phenols is 2. The fraction of sp³-hybridized carbons (Fsp3) is 0.250. The molecule has 1 aromatic rings. The molecule has 1 aromatic carbocycles. The van der Waals surface area contributed by atoms with Crippen LogP contribution in [0, 0.1) is 0 Å². The highest BCUT2D eigenvalue weighted by Gasteiger charge is 2.51. The average molecular weight is 258 g/mol. The number of nitrogen functional groups attached to an aromatic ring is 2. The third-order valence-electron chi connectivity index (χ3n) is 2.58. The normalized spacial score (nSPS) is 19.6. The smallest absolute Gasteiger partial charge is 0.282 e. The van der Waals surface area contributed by atoms with Crippen molar-refractivity contribution in [3.8, 4) is 23.0 Å². The molecule has 100 valence electrons. The zero-order valence-corrected chi connectivity index (χ0v) is 9.18. The first-order valence-corrected chi connectivity index (χ1v) is 4.75. The fourth-order valence-corrected chi connectivity index (χ4v) is 1.41. The van der Waals surface area contributed by atoms with E-state index in [1.807, 2.05) is 0 Å². The molecule has 0 bridgehead atoms. The van der Waals surface area contributed by atoms with Gasteiger partial charge in [-0.05, 0) is 0 Å². The van der Waals surface area contributed by atoms with E-state index in [9.17, 15) is 10.2 Å². The summed E-state index contributed by atoms with van der Waals surface area (Å²) in [7, 11) is 0. The van der Waals surface area contributed by atoms with Gasteiger partial charge in [-0.2, -0.15) is 0 Å². The van der Waals surface area contributed by atoms with Crippen molar-refractivity contribution in [1.29, 1.82) is 0 Å². The molecule has 1 aliphatic heterocycles. The number of phenolic OH excluding ortho intramolecular Hbond substituents is 2. The van der Waals surface area contributed by atoms with Crippen molar-refractivity contribution in [1.82, 2.24) is 0 Å². The molecule has 2 rings (SSSR count). The summed E-state index contributed by atoms with van der Waals surface area (Å²) in [5.41, 5.74) is 32.4. The third kappa shape index (κ3) is 1.37. The van der Waals surface area contributed by atoms with Crippen LogP contribution in [0.5, 0.6) is 23.0 Å². The zero-order chi connectivity index (χ0) is 13.9. The molecule has 14 N–H and O–H groups in total. The van der Waals surface area contributed by atoms with Crippen molar-refractivity contribution in [2.75, 3.05) is 11.5 Å². The number of anilines is 2. The van der Waals surface area contributed by atoms with Crippen LogP contribution in [0.4, 0.5) is 11.4 Å². The van der Waals surface area contributed by atoms with Gasteiger partial charge >= 0.3 is 0 Å². The number of aromatic hydroxyl groups is 2. The average Bonchev–Trinajstić information content (AvgIpc) is 2.26. The largest absolute Gasteiger partial charge is 0.503 e. The number of rotatable bonds is 0. The molecule has 0 amide bonds. The van der Waals surface area contributed by atoms with Crippen molar-refractivity contribution in [2.24, 2.45) is 22.9 Å². The van der Waals surface area contributed by atoms with Crippen LogP contribution in [0.1, 0.15) is 0 Å². The van der Waals surface area contributed by atoms with Crippen LogP contribution in [0.15, 0.2) is 0 Å². The zero-order valence-electron chi connectivity index (χ0n) is 9.18. The summed E-state index contributed by atoms with van der Waals surface area (Å²) >= 11 is 0. The molecule has 10 nitrogen and oxygen atoms in total. The van der Waals surface area contributed by atoms with Gasteiger partial charge in [-0.1, -0.05) is 0 Å². The number of hydrogen-bond acceptors (Lipinski definition) is 10. The lowest BCUT2D eigenvalue weighted by Gasteiger charge is -2.43. The number of ether oxygens (including phenoxy) is 2. The highest BCUT2D eigenvalue weighted by atomic mass is 16.6. The Hall–Kier alpha value is -2.14. The molecule has 0 atom stereocenters. The van der Waals surface area contributed by atoms with E-state index in [0.29, 0.717) is 0 Å². The number of nitrogens with two attached hydrogens (primary N) is 6. The van der Waals surface area contributed by atoms with E-state index in [1.54, 1.807) is 0 Å². The minimum atomic E-state index is -2.11. The maximum Gasteiger partial charge on any atom is 0.282 e. The second-order valence-corrected chi connectivity index (χ2v) is 3.97. The molecule has 10 heteroatoms. The van der Waals surface area contributed by atoms with E-state index in [4.69, 9.17) is 43.9 Å². The maximum absolute atomic E-state index is 9.51. The van der Waals surface area contributed by atoms with Gasteiger partial charge in [0.2, 0.25) is 0 Å². The van der Waals surface area contributed by atoms with E-state index < -0.39 is 23.2 Å². The van der Waals surface area contributed by atoms with Gasteiger partial charge in [-0.3, -0.25) is 22.9 Å². The molecule has 0 radical (unpaired) electrons. The molecule has 0 aromatic heterocycles. The van der Waals surface area contributed by atoms with Gasteiger partial charge in [-0.15, -0.1) is 0 Å². The Morgan fingerprint density at radius 2 is 1.00 bits per heavy atom. The Kier molecular flexibility index (Phi) is 2.19. The second-order valence-electron chi connectivity index (χ2n) is 3.97. The van der Waals surface area contributed by atoms with Gasteiger partial charge in [0.05, 0.1) is 0 Å². The standard InChI is InChI=1S/C8H14N6O4/c9-1-3(15)4(16)2(10)6-5(1)17-7(11,12)8(13,14)18-6/h15-16H,9-14H2. The van der Waals surface area contributed by atoms with Crippen LogP contribution in [-0.2, 0) is 0 Å². The number of benzene rings is 1. The molecule has 0 spiro atoms. The predicted octanol–water partition coefficient (Wildman–Crippen LogP) is -2.82. The van der Waals surface area contributed by atoms with Crippen LogP contribution >= 0.6 is 0 Å². The van der Waals surface area contributed by atoms with Crippen LogP contribution in [0.3, 0.4) is 0 Å². The van der Waals surface area contributed by atoms with Gasteiger partial charge in [0.15, 0.2) is 23.0 Å². The highest BCUT2D eigenvalue weighted by molar-refractivity contribution is 5.84. The van der Waals surface area contributed by atoms with Crippen LogP contribution in [0.2, 0.25) is 0 Å². The lowest BCUT2D eigenvalue weighted by atomic mass is 10.1. The van der Waals surface area contributed by atoms with Gasteiger partial charge in [-0.25, -0.2) is 0 Å². The SMILES string of the molecule is Nc1c(O)c(O)c(N)c2c1OC(N)(N)C(N)(N)O2. The van der Waals surface area contributed by atoms with E-state index in [2.05, 4.69) is 0 Å². The Balaban J connectivity index is 2.71. The molecule has 1 aliphatic rings. The quantitative estimate of drug-likeness (QED) is 0.135. The van der Waals surface area contributed by atoms with Gasteiger partial charge in [0.1, 0.15) is 11.4 Å². The predicted molar refractivity (Wildman–Crippen MR) is 62.1 cm³/mol. The first kappa shape index (κ1) is 12.3. The summed E-state index contributed by atoms with van der Waals surface area (Å²) < 4.78 is 10.2. The minimum Gasteiger partial charge on any atom is -0.503 e. The summed E-state index contributed by atoms with van der Waals surface area (Å²) in [4.78, 5) is 0. The molecular formula is C8H14N6O4. The topological polar surface area (TPSA) is 215 Å². The third-order valence-corrected chi connectivity index (χ3v) is 2.58. The van der Waals surface area contributed by atoms with Crippen molar-refractivity contribution >= 4 is 11.4 Å². The second kappa shape index (κ2) is 3.20. The monoisotopic (exact) mass is 258 g/mol. The molecule has 0 fully saturated rings. The van der Waals surface area contributed by atoms with E-state index >= 15 is 0 Å². The Labute approximate surface area is 101 Å². The molecular weight excluding hydrogens is 244 g/mol. The first-order valence-electron chi connectivity index (χ1n) is 4.75. The maximum atomic E-state index is 9.51. The van der Waals surface area contributed by atoms with Gasteiger partial charge < -0.3 is 31.2 Å². The summed E-state index contributed by atoms with van der Waals surface area (Å²) in [5.74, 6) is -6.09. The molecule has 0 saturated carbocycles. The Morgan fingerprint density at radius 3 is 1.28 bits per heavy atom. The molecule has 0 aliphatic carbocycles. The first-order chi connectivity index (χ1) is 8.08. The lowest BCUT2D eigenvalue weighted by molar-refractivity contribution is -0.129. The van der Waals surface area contributed by atoms with Crippen LogP contribution < -0.4 is 43.9 Å². The van der Waals surface area contributed by atoms with Crippen LogP contribution in [-0.4, -0.2) is 21.9 Å². The van der Waals surface area contributed by atoms with E-state index in [1.165, 1.54) is 0 Å². The molecule has 0 unspecified atom stereocenters.